The molecule has 1 saturated heterocycles. The van der Waals surface area contributed by atoms with Gasteiger partial charge >= 0.3 is 0 Å². The molecule has 6 heteroatoms. The lowest BCUT2D eigenvalue weighted by molar-refractivity contribution is -0.113. The number of ether oxygens (including phenoxy) is 2. The third-order valence-corrected chi connectivity index (χ3v) is 6.63. The molecule has 166 valence electrons. The minimum Gasteiger partial charge on any atom is -0.454 e. The van der Waals surface area contributed by atoms with Crippen LogP contribution in [-0.2, 0) is 4.79 Å². The Morgan fingerprint density at radius 1 is 0.879 bits per heavy atom. The molecule has 0 spiro atoms. The zero-order valence-electron chi connectivity index (χ0n) is 19.0. The van der Waals surface area contributed by atoms with Crippen molar-refractivity contribution in [1.29, 1.82) is 0 Å². The Kier molecular flexibility index (Phi) is 5.46. The maximum Gasteiger partial charge on any atom is 0.271 e. The van der Waals surface area contributed by atoms with E-state index in [1.54, 1.807) is 4.90 Å². The summed E-state index contributed by atoms with van der Waals surface area (Å²) in [6.07, 6.45) is 1.88. The van der Waals surface area contributed by atoms with Gasteiger partial charge in [0.15, 0.2) is 16.7 Å². The maximum atomic E-state index is 13.6. The summed E-state index contributed by atoms with van der Waals surface area (Å²) in [4.78, 5) is 20.9. The van der Waals surface area contributed by atoms with Gasteiger partial charge in [-0.1, -0.05) is 41.5 Å². The van der Waals surface area contributed by atoms with E-state index in [0.29, 0.717) is 15.8 Å². The molecule has 2 heterocycles. The van der Waals surface area contributed by atoms with Crippen molar-refractivity contribution in [2.24, 2.45) is 4.99 Å². The molecular formula is C27H24N2O3S. The molecule has 0 N–H and O–H groups in total. The van der Waals surface area contributed by atoms with E-state index in [1.165, 1.54) is 17.3 Å². The third kappa shape index (κ3) is 4.14. The van der Waals surface area contributed by atoms with Crippen LogP contribution in [0, 0.1) is 27.7 Å². The van der Waals surface area contributed by atoms with E-state index < -0.39 is 0 Å². The second-order valence-corrected chi connectivity index (χ2v) is 9.35. The maximum absolute atomic E-state index is 13.6. The predicted molar refractivity (Wildman–Crippen MR) is 135 cm³/mol. The first kappa shape index (κ1) is 21.3. The van der Waals surface area contributed by atoms with Crippen molar-refractivity contribution in [2.45, 2.75) is 27.7 Å². The standard InChI is InChI=1S/C27H24N2O3S/c1-16-5-8-21(18(3)11-16)28-27-29(22-9-6-17(2)12-19(22)4)26(30)25(33-27)14-20-7-10-23-24(13-20)32-15-31-23/h5-14H,15H2,1-4H3/b25-14+,28-27?. The number of rotatable bonds is 3. The minimum atomic E-state index is -0.0897. The van der Waals surface area contributed by atoms with Crippen molar-refractivity contribution < 1.29 is 14.3 Å². The van der Waals surface area contributed by atoms with Crippen LogP contribution in [0.3, 0.4) is 0 Å². The number of amidine groups is 1. The number of carbonyl (C=O) groups excluding carboxylic acids is 1. The molecule has 3 aromatic rings. The van der Waals surface area contributed by atoms with Crippen LogP contribution >= 0.6 is 11.8 Å². The molecule has 0 atom stereocenters. The lowest BCUT2D eigenvalue weighted by Crippen LogP contribution is -2.29. The number of aliphatic imine (C=N–C) groups is 1. The Bertz CT molecular complexity index is 1340. The van der Waals surface area contributed by atoms with Crippen molar-refractivity contribution in [2.75, 3.05) is 11.7 Å². The van der Waals surface area contributed by atoms with Gasteiger partial charge in [0.05, 0.1) is 16.3 Å². The van der Waals surface area contributed by atoms with E-state index >= 15 is 0 Å². The Balaban J connectivity index is 1.59. The first-order chi connectivity index (χ1) is 15.9. The summed E-state index contributed by atoms with van der Waals surface area (Å²) >= 11 is 1.39. The van der Waals surface area contributed by atoms with Crippen LogP contribution in [0.25, 0.3) is 6.08 Å². The van der Waals surface area contributed by atoms with Gasteiger partial charge in [-0.05, 0) is 86.5 Å². The fraction of sp³-hybridized carbons (Fsp3) is 0.185. The number of nitrogens with zero attached hydrogens (tertiary/aromatic N) is 2. The van der Waals surface area contributed by atoms with Crippen LogP contribution in [0.15, 0.2) is 64.5 Å². The third-order valence-electron chi connectivity index (χ3n) is 5.66. The predicted octanol–water partition coefficient (Wildman–Crippen LogP) is 6.46. The highest BCUT2D eigenvalue weighted by atomic mass is 32.2. The molecule has 0 radical (unpaired) electrons. The van der Waals surface area contributed by atoms with Gasteiger partial charge in [-0.3, -0.25) is 9.69 Å². The number of aryl methyl sites for hydroxylation is 4. The highest BCUT2D eigenvalue weighted by Gasteiger charge is 2.35. The lowest BCUT2D eigenvalue weighted by Gasteiger charge is -2.19. The van der Waals surface area contributed by atoms with E-state index in [1.807, 2.05) is 69.3 Å². The molecule has 5 nitrogen and oxygen atoms in total. The molecule has 2 aliphatic rings. The van der Waals surface area contributed by atoms with E-state index in [0.717, 1.165) is 39.4 Å². The van der Waals surface area contributed by atoms with E-state index in [2.05, 4.69) is 19.1 Å². The van der Waals surface area contributed by atoms with Gasteiger partial charge in [0, 0.05) is 0 Å². The van der Waals surface area contributed by atoms with Gasteiger partial charge in [-0.25, -0.2) is 4.99 Å². The Hall–Kier alpha value is -3.51. The normalized spacial score (nSPS) is 17.5. The number of hydrogen-bond donors (Lipinski definition) is 0. The number of carbonyl (C=O) groups is 1. The molecule has 0 saturated carbocycles. The zero-order valence-corrected chi connectivity index (χ0v) is 19.8. The summed E-state index contributed by atoms with van der Waals surface area (Å²) in [5.74, 6) is 1.32. The van der Waals surface area contributed by atoms with Crippen LogP contribution in [-0.4, -0.2) is 17.9 Å². The molecule has 0 aromatic heterocycles. The largest absolute Gasteiger partial charge is 0.454 e. The van der Waals surface area contributed by atoms with Gasteiger partial charge in [0.25, 0.3) is 5.91 Å². The number of hydrogen-bond acceptors (Lipinski definition) is 5. The van der Waals surface area contributed by atoms with Crippen LogP contribution < -0.4 is 14.4 Å². The van der Waals surface area contributed by atoms with Crippen molar-refractivity contribution in [3.8, 4) is 11.5 Å². The first-order valence-corrected chi connectivity index (χ1v) is 11.6. The van der Waals surface area contributed by atoms with Crippen LogP contribution in [0.4, 0.5) is 11.4 Å². The zero-order chi connectivity index (χ0) is 23.1. The lowest BCUT2D eigenvalue weighted by atomic mass is 10.1. The van der Waals surface area contributed by atoms with E-state index in [-0.39, 0.29) is 12.7 Å². The highest BCUT2D eigenvalue weighted by Crippen LogP contribution is 2.40. The summed E-state index contributed by atoms with van der Waals surface area (Å²) in [7, 11) is 0. The fourth-order valence-corrected chi connectivity index (χ4v) is 4.99. The molecule has 0 unspecified atom stereocenters. The van der Waals surface area contributed by atoms with Gasteiger partial charge in [-0.15, -0.1) is 0 Å². The van der Waals surface area contributed by atoms with Crippen LogP contribution in [0.2, 0.25) is 0 Å². The molecule has 0 aliphatic carbocycles. The molecule has 0 bridgehead atoms. The van der Waals surface area contributed by atoms with Gasteiger partial charge in [-0.2, -0.15) is 0 Å². The SMILES string of the molecule is Cc1ccc(N=C2S/C(=C/c3ccc4c(c3)OCO4)C(=O)N2c2ccc(C)cc2C)c(C)c1. The summed E-state index contributed by atoms with van der Waals surface area (Å²) in [5.41, 5.74) is 7.01. The van der Waals surface area contributed by atoms with Crippen molar-refractivity contribution in [3.05, 3.63) is 87.3 Å². The first-order valence-electron chi connectivity index (χ1n) is 10.8. The van der Waals surface area contributed by atoms with Crippen molar-refractivity contribution in [1.82, 2.24) is 0 Å². The van der Waals surface area contributed by atoms with Gasteiger partial charge < -0.3 is 9.47 Å². The van der Waals surface area contributed by atoms with E-state index in [9.17, 15) is 4.79 Å². The Morgan fingerprint density at radius 2 is 1.61 bits per heavy atom. The second kappa shape index (κ2) is 8.45. The minimum absolute atomic E-state index is 0.0897. The average Bonchev–Trinajstić information content (AvgIpc) is 3.35. The topological polar surface area (TPSA) is 51.1 Å². The molecule has 1 amide bonds. The Labute approximate surface area is 197 Å². The van der Waals surface area contributed by atoms with E-state index in [4.69, 9.17) is 14.5 Å². The average molecular weight is 457 g/mol. The van der Waals surface area contributed by atoms with Crippen molar-refractivity contribution in [3.63, 3.8) is 0 Å². The molecule has 5 rings (SSSR count). The fourth-order valence-electron chi connectivity index (χ4n) is 4.01. The number of fused-ring (bicyclic) bond motifs is 1. The van der Waals surface area contributed by atoms with Gasteiger partial charge in [0.1, 0.15) is 0 Å². The van der Waals surface area contributed by atoms with Crippen LogP contribution in [0.1, 0.15) is 27.8 Å². The number of anilines is 1. The quantitative estimate of drug-likeness (QED) is 0.425. The number of thioether (sulfide) groups is 1. The van der Waals surface area contributed by atoms with Crippen LogP contribution in [0.5, 0.6) is 11.5 Å². The monoisotopic (exact) mass is 456 g/mol. The molecule has 2 aliphatic heterocycles. The molecule has 1 fully saturated rings. The highest BCUT2D eigenvalue weighted by molar-refractivity contribution is 8.19. The molecular weight excluding hydrogens is 432 g/mol. The van der Waals surface area contributed by atoms with Gasteiger partial charge in [0.2, 0.25) is 6.79 Å². The smallest absolute Gasteiger partial charge is 0.271 e. The number of amides is 1. The summed E-state index contributed by atoms with van der Waals surface area (Å²) in [5, 5.41) is 0.644. The summed E-state index contributed by atoms with van der Waals surface area (Å²) in [6, 6.07) is 17.9. The van der Waals surface area contributed by atoms with Crippen molar-refractivity contribution >= 4 is 40.3 Å². The summed E-state index contributed by atoms with van der Waals surface area (Å²) in [6.45, 7) is 8.39. The molecule has 3 aromatic carbocycles. The summed E-state index contributed by atoms with van der Waals surface area (Å²) < 4.78 is 10.9. The number of benzene rings is 3. The second-order valence-electron chi connectivity index (χ2n) is 8.34. The Morgan fingerprint density at radius 3 is 2.36 bits per heavy atom. The molecule has 33 heavy (non-hydrogen) atoms.